The second-order valence-electron chi connectivity index (χ2n) is 4.13. The molecule has 0 aliphatic rings. The van der Waals surface area contributed by atoms with Crippen LogP contribution in [0.4, 0.5) is 24.5 Å². The maximum Gasteiger partial charge on any atom is 0.418 e. The molecule has 1 unspecified atom stereocenters. The van der Waals surface area contributed by atoms with Gasteiger partial charge in [0.25, 0.3) is 0 Å². The molecule has 3 nitrogen and oxygen atoms in total. The number of anilines is 2. The molecule has 0 aromatic heterocycles. The fourth-order valence-electron chi connectivity index (χ4n) is 1.54. The van der Waals surface area contributed by atoms with E-state index in [4.69, 9.17) is 10.5 Å². The Kier molecular flexibility index (Phi) is 4.84. The van der Waals surface area contributed by atoms with Crippen molar-refractivity contribution in [3.8, 4) is 0 Å². The highest BCUT2D eigenvalue weighted by atomic mass is 19.4. The maximum absolute atomic E-state index is 12.6. The number of halogens is 3. The van der Waals surface area contributed by atoms with Crippen LogP contribution in [0.25, 0.3) is 0 Å². The number of methoxy groups -OCH3 is 1. The lowest BCUT2D eigenvalue weighted by atomic mass is 10.1. The Morgan fingerprint density at radius 3 is 2.61 bits per heavy atom. The molecule has 0 saturated carbocycles. The van der Waals surface area contributed by atoms with Crippen molar-refractivity contribution in [3.05, 3.63) is 23.8 Å². The highest BCUT2D eigenvalue weighted by molar-refractivity contribution is 5.58. The van der Waals surface area contributed by atoms with Crippen LogP contribution in [0.15, 0.2) is 18.2 Å². The Balaban J connectivity index is 2.79. The number of nitrogens with one attached hydrogen (secondary N) is 1. The van der Waals surface area contributed by atoms with E-state index in [0.29, 0.717) is 18.7 Å². The number of nitrogen functional groups attached to an aromatic ring is 1. The van der Waals surface area contributed by atoms with Crippen molar-refractivity contribution in [2.75, 3.05) is 24.8 Å². The van der Waals surface area contributed by atoms with E-state index < -0.39 is 11.7 Å². The van der Waals surface area contributed by atoms with E-state index >= 15 is 0 Å². The second kappa shape index (κ2) is 5.95. The van der Waals surface area contributed by atoms with Crippen LogP contribution in [0.2, 0.25) is 0 Å². The van der Waals surface area contributed by atoms with E-state index in [0.717, 1.165) is 6.07 Å². The Morgan fingerprint density at radius 2 is 2.06 bits per heavy atom. The quantitative estimate of drug-likeness (QED) is 0.801. The molecule has 0 spiro atoms. The van der Waals surface area contributed by atoms with Gasteiger partial charge in [-0.1, -0.05) is 0 Å². The molecular weight excluding hydrogens is 245 g/mol. The van der Waals surface area contributed by atoms with E-state index in [1.807, 2.05) is 6.92 Å². The lowest BCUT2D eigenvalue weighted by molar-refractivity contribution is -0.136. The average Bonchev–Trinajstić information content (AvgIpc) is 2.27. The molecule has 0 amide bonds. The van der Waals surface area contributed by atoms with Gasteiger partial charge in [0, 0.05) is 31.1 Å². The average molecular weight is 262 g/mol. The van der Waals surface area contributed by atoms with Gasteiger partial charge < -0.3 is 15.8 Å². The molecule has 0 radical (unpaired) electrons. The molecule has 6 heteroatoms. The highest BCUT2D eigenvalue weighted by Gasteiger charge is 2.33. The molecule has 0 aliphatic heterocycles. The molecule has 0 saturated heterocycles. The first kappa shape index (κ1) is 14.6. The second-order valence-corrected chi connectivity index (χ2v) is 4.13. The van der Waals surface area contributed by atoms with Crippen LogP contribution in [0.3, 0.4) is 0 Å². The molecule has 1 rings (SSSR count). The van der Waals surface area contributed by atoms with Crippen molar-refractivity contribution in [2.24, 2.45) is 0 Å². The first-order valence-corrected chi connectivity index (χ1v) is 5.56. The van der Waals surface area contributed by atoms with Gasteiger partial charge in [0.2, 0.25) is 0 Å². The molecule has 1 atom stereocenters. The van der Waals surface area contributed by atoms with E-state index in [1.165, 1.54) is 12.1 Å². The predicted octanol–water partition coefficient (Wildman–Crippen LogP) is 3.12. The van der Waals surface area contributed by atoms with Crippen LogP contribution < -0.4 is 11.1 Å². The largest absolute Gasteiger partial charge is 0.418 e. The number of alkyl halides is 3. The lowest BCUT2D eigenvalue weighted by Gasteiger charge is -2.17. The molecule has 0 aliphatic carbocycles. The van der Waals surface area contributed by atoms with Crippen LogP contribution in [0, 0.1) is 0 Å². The van der Waals surface area contributed by atoms with Crippen LogP contribution >= 0.6 is 0 Å². The number of benzene rings is 1. The Labute approximate surface area is 104 Å². The van der Waals surface area contributed by atoms with E-state index in [2.05, 4.69) is 5.32 Å². The lowest BCUT2D eigenvalue weighted by Crippen LogP contribution is -2.18. The first-order valence-electron chi connectivity index (χ1n) is 5.56. The van der Waals surface area contributed by atoms with Crippen molar-refractivity contribution in [2.45, 2.75) is 25.6 Å². The van der Waals surface area contributed by atoms with Crippen LogP contribution in [-0.2, 0) is 10.9 Å². The molecule has 0 fully saturated rings. The fourth-order valence-corrected chi connectivity index (χ4v) is 1.54. The number of hydrogen-bond donors (Lipinski definition) is 2. The third kappa shape index (κ3) is 4.10. The molecule has 1 aromatic carbocycles. The third-order valence-electron chi connectivity index (χ3n) is 2.53. The van der Waals surface area contributed by atoms with E-state index in [9.17, 15) is 13.2 Å². The summed E-state index contributed by atoms with van der Waals surface area (Å²) in [7, 11) is 1.58. The highest BCUT2D eigenvalue weighted by Crippen LogP contribution is 2.35. The molecular formula is C12H17F3N2O. The number of nitrogens with two attached hydrogens (primary N) is 1. The van der Waals surface area contributed by atoms with Gasteiger partial charge in [-0.3, -0.25) is 0 Å². The minimum absolute atomic E-state index is 0.0228. The molecule has 3 N–H and O–H groups in total. The Morgan fingerprint density at radius 1 is 1.39 bits per heavy atom. The smallest absolute Gasteiger partial charge is 0.398 e. The third-order valence-corrected chi connectivity index (χ3v) is 2.53. The van der Waals surface area contributed by atoms with Crippen LogP contribution in [-0.4, -0.2) is 19.8 Å². The normalized spacial score (nSPS) is 13.4. The first-order chi connectivity index (χ1) is 8.34. The van der Waals surface area contributed by atoms with Gasteiger partial charge in [-0.2, -0.15) is 13.2 Å². The summed E-state index contributed by atoms with van der Waals surface area (Å²) in [5, 5.41) is 2.98. The van der Waals surface area contributed by atoms with Gasteiger partial charge in [0.05, 0.1) is 5.56 Å². The molecule has 0 bridgehead atoms. The summed E-state index contributed by atoms with van der Waals surface area (Å²) in [6.45, 7) is 2.43. The summed E-state index contributed by atoms with van der Waals surface area (Å²) in [5.41, 5.74) is 4.64. The van der Waals surface area contributed by atoms with Gasteiger partial charge in [0.15, 0.2) is 0 Å². The van der Waals surface area contributed by atoms with Crippen LogP contribution in [0.5, 0.6) is 0 Å². The minimum Gasteiger partial charge on any atom is -0.398 e. The van der Waals surface area contributed by atoms with Crippen molar-refractivity contribution in [3.63, 3.8) is 0 Å². The SMILES string of the molecule is COCCC(C)Nc1ccc(N)c(C(F)(F)F)c1. The maximum atomic E-state index is 12.6. The molecule has 102 valence electrons. The Hall–Kier alpha value is -1.43. The molecule has 0 heterocycles. The monoisotopic (exact) mass is 262 g/mol. The summed E-state index contributed by atoms with van der Waals surface area (Å²) >= 11 is 0. The van der Waals surface area contributed by atoms with Crippen molar-refractivity contribution < 1.29 is 17.9 Å². The zero-order valence-electron chi connectivity index (χ0n) is 10.3. The fraction of sp³-hybridized carbons (Fsp3) is 0.500. The van der Waals surface area contributed by atoms with Gasteiger partial charge in [-0.05, 0) is 31.5 Å². The minimum atomic E-state index is -4.43. The van der Waals surface area contributed by atoms with Gasteiger partial charge >= 0.3 is 6.18 Å². The molecule has 1 aromatic rings. The summed E-state index contributed by atoms with van der Waals surface area (Å²) < 4.78 is 42.8. The van der Waals surface area contributed by atoms with Crippen molar-refractivity contribution >= 4 is 11.4 Å². The zero-order valence-corrected chi connectivity index (χ0v) is 10.3. The predicted molar refractivity (Wildman–Crippen MR) is 65.4 cm³/mol. The van der Waals surface area contributed by atoms with E-state index in [-0.39, 0.29) is 11.7 Å². The number of hydrogen-bond acceptors (Lipinski definition) is 3. The van der Waals surface area contributed by atoms with Crippen LogP contribution in [0.1, 0.15) is 18.9 Å². The van der Waals surface area contributed by atoms with E-state index in [1.54, 1.807) is 7.11 Å². The summed E-state index contributed by atoms with van der Waals surface area (Å²) in [6, 6.07) is 3.84. The summed E-state index contributed by atoms with van der Waals surface area (Å²) in [6.07, 6.45) is -3.72. The summed E-state index contributed by atoms with van der Waals surface area (Å²) in [5.74, 6) is 0. The van der Waals surface area contributed by atoms with Crippen molar-refractivity contribution in [1.82, 2.24) is 0 Å². The standard InChI is InChI=1S/C12H17F3N2O/c1-8(5-6-18-2)17-9-3-4-11(16)10(7-9)12(13,14)15/h3-4,7-8,17H,5-6,16H2,1-2H3. The molecule has 18 heavy (non-hydrogen) atoms. The number of rotatable bonds is 5. The van der Waals surface area contributed by atoms with Crippen molar-refractivity contribution in [1.29, 1.82) is 0 Å². The zero-order chi connectivity index (χ0) is 13.8. The number of ether oxygens (including phenoxy) is 1. The Bertz CT molecular complexity index is 393. The van der Waals surface area contributed by atoms with Gasteiger partial charge in [-0.25, -0.2) is 0 Å². The topological polar surface area (TPSA) is 47.3 Å². The van der Waals surface area contributed by atoms with Gasteiger partial charge in [-0.15, -0.1) is 0 Å². The van der Waals surface area contributed by atoms with Gasteiger partial charge in [0.1, 0.15) is 0 Å². The summed E-state index contributed by atoms with van der Waals surface area (Å²) in [4.78, 5) is 0.